The fourth-order valence-corrected chi connectivity index (χ4v) is 3.54. The molecule has 26 heavy (non-hydrogen) atoms. The Morgan fingerprint density at radius 2 is 1.77 bits per heavy atom. The van der Waals surface area contributed by atoms with Crippen LogP contribution in [-0.2, 0) is 0 Å². The summed E-state index contributed by atoms with van der Waals surface area (Å²) < 4.78 is 2.16. The first-order chi connectivity index (χ1) is 12.4. The van der Waals surface area contributed by atoms with E-state index >= 15 is 0 Å². The van der Waals surface area contributed by atoms with Gasteiger partial charge >= 0.3 is 0 Å². The number of hydrogen-bond acceptors (Lipinski definition) is 1. The smallest absolute Gasteiger partial charge is 0.0998 e. The van der Waals surface area contributed by atoms with Crippen LogP contribution in [0.1, 0.15) is 28.1 Å². The van der Waals surface area contributed by atoms with E-state index in [4.69, 9.17) is 23.2 Å². The lowest BCUT2D eigenvalue weighted by molar-refractivity contribution is 0.954. The Hall–Kier alpha value is -2.47. The molecule has 0 aliphatic rings. The molecule has 0 amide bonds. The monoisotopic (exact) mass is 380 g/mol. The summed E-state index contributed by atoms with van der Waals surface area (Å²) in [6.45, 7) is 6.15. The number of halogens is 2. The van der Waals surface area contributed by atoms with Crippen LogP contribution in [0.5, 0.6) is 0 Å². The molecule has 0 atom stereocenters. The van der Waals surface area contributed by atoms with Crippen molar-refractivity contribution < 1.29 is 0 Å². The van der Waals surface area contributed by atoms with E-state index in [1.165, 1.54) is 0 Å². The lowest BCUT2D eigenvalue weighted by Gasteiger charge is -2.13. The van der Waals surface area contributed by atoms with E-state index in [1.807, 2.05) is 56.3 Å². The van der Waals surface area contributed by atoms with Crippen molar-refractivity contribution in [2.45, 2.75) is 20.8 Å². The molecule has 2 nitrogen and oxygen atoms in total. The van der Waals surface area contributed by atoms with E-state index in [9.17, 15) is 5.26 Å². The molecule has 130 valence electrons. The Balaban J connectivity index is 2.15. The van der Waals surface area contributed by atoms with Crippen molar-refractivity contribution in [3.63, 3.8) is 0 Å². The zero-order valence-electron chi connectivity index (χ0n) is 14.8. The molecule has 4 heteroatoms. The van der Waals surface area contributed by atoms with Crippen LogP contribution in [0.15, 0.2) is 48.5 Å². The summed E-state index contributed by atoms with van der Waals surface area (Å²) in [6.07, 6.45) is 1.89. The van der Waals surface area contributed by atoms with Crippen LogP contribution in [0.4, 0.5) is 0 Å². The fourth-order valence-electron chi connectivity index (χ4n) is 3.13. The van der Waals surface area contributed by atoms with Crippen molar-refractivity contribution in [1.82, 2.24) is 4.57 Å². The van der Waals surface area contributed by atoms with Gasteiger partial charge in [0.15, 0.2) is 0 Å². The van der Waals surface area contributed by atoms with Crippen molar-refractivity contribution in [2.75, 3.05) is 0 Å². The quantitative estimate of drug-likeness (QED) is 0.460. The molecule has 0 N–H and O–H groups in total. The topological polar surface area (TPSA) is 28.7 Å². The fraction of sp³-hybridized carbons (Fsp3) is 0.136. The number of benzene rings is 2. The van der Waals surface area contributed by atoms with Crippen molar-refractivity contribution >= 4 is 34.9 Å². The van der Waals surface area contributed by atoms with E-state index in [1.54, 1.807) is 6.07 Å². The van der Waals surface area contributed by atoms with Crippen LogP contribution in [0, 0.1) is 32.1 Å². The second-order valence-electron chi connectivity index (χ2n) is 6.24. The zero-order valence-corrected chi connectivity index (χ0v) is 16.4. The summed E-state index contributed by atoms with van der Waals surface area (Å²) >= 11 is 12.5. The highest BCUT2D eigenvalue weighted by atomic mass is 35.5. The third-order valence-electron chi connectivity index (χ3n) is 4.47. The molecule has 0 spiro atoms. The molecule has 1 aromatic heterocycles. The third-order valence-corrected chi connectivity index (χ3v) is 5.03. The highest BCUT2D eigenvalue weighted by Gasteiger charge is 2.13. The minimum atomic E-state index is 0.540. The molecule has 0 unspecified atom stereocenters. The maximum atomic E-state index is 9.63. The van der Waals surface area contributed by atoms with Crippen LogP contribution in [0.3, 0.4) is 0 Å². The van der Waals surface area contributed by atoms with Crippen molar-refractivity contribution in [3.05, 3.63) is 86.7 Å². The Kier molecular flexibility index (Phi) is 5.23. The van der Waals surface area contributed by atoms with E-state index in [-0.39, 0.29) is 0 Å². The summed E-state index contributed by atoms with van der Waals surface area (Å²) in [5, 5.41) is 10.9. The number of allylic oxidation sites excluding steroid dienone is 1. The lowest BCUT2D eigenvalue weighted by Crippen LogP contribution is -2.01. The molecule has 0 saturated heterocycles. The van der Waals surface area contributed by atoms with Gasteiger partial charge in [0.05, 0.1) is 11.6 Å². The molecule has 3 aromatic rings. The Labute approximate surface area is 163 Å². The minimum absolute atomic E-state index is 0.540. The number of rotatable bonds is 3. The maximum absolute atomic E-state index is 9.63. The van der Waals surface area contributed by atoms with Crippen LogP contribution in [-0.4, -0.2) is 4.57 Å². The van der Waals surface area contributed by atoms with Crippen LogP contribution >= 0.6 is 23.2 Å². The van der Waals surface area contributed by atoms with Gasteiger partial charge in [-0.15, -0.1) is 0 Å². The summed E-state index contributed by atoms with van der Waals surface area (Å²) in [4.78, 5) is 0. The van der Waals surface area contributed by atoms with Crippen LogP contribution < -0.4 is 0 Å². The van der Waals surface area contributed by atoms with Crippen LogP contribution in [0.2, 0.25) is 10.0 Å². The van der Waals surface area contributed by atoms with Gasteiger partial charge in [-0.2, -0.15) is 5.26 Å². The highest BCUT2D eigenvalue weighted by molar-refractivity contribution is 6.32. The first-order valence-electron chi connectivity index (χ1n) is 8.24. The second-order valence-corrected chi connectivity index (χ2v) is 7.09. The largest absolute Gasteiger partial charge is 0.318 e. The van der Waals surface area contributed by atoms with Crippen LogP contribution in [0.25, 0.3) is 17.3 Å². The van der Waals surface area contributed by atoms with Gasteiger partial charge in [-0.05, 0) is 62.2 Å². The van der Waals surface area contributed by atoms with Gasteiger partial charge in [0, 0.05) is 32.7 Å². The van der Waals surface area contributed by atoms with Gasteiger partial charge in [-0.1, -0.05) is 47.5 Å². The highest BCUT2D eigenvalue weighted by Crippen LogP contribution is 2.30. The molecule has 0 radical (unpaired) electrons. The number of nitriles is 1. The molecule has 0 bridgehead atoms. The summed E-state index contributed by atoms with van der Waals surface area (Å²) in [6, 6.07) is 17.6. The van der Waals surface area contributed by atoms with E-state index in [0.717, 1.165) is 33.8 Å². The predicted molar refractivity (Wildman–Crippen MR) is 110 cm³/mol. The summed E-state index contributed by atoms with van der Waals surface area (Å²) in [7, 11) is 0. The van der Waals surface area contributed by atoms with Crippen molar-refractivity contribution in [2.24, 2.45) is 0 Å². The number of aryl methyl sites for hydroxylation is 2. The number of hydrogen-bond donors (Lipinski definition) is 0. The summed E-state index contributed by atoms with van der Waals surface area (Å²) in [5.41, 5.74) is 6.57. The normalized spacial score (nSPS) is 11.5. The molecule has 0 fully saturated rings. The molecular weight excluding hydrogens is 363 g/mol. The number of nitrogens with zero attached hydrogens (tertiary/aromatic N) is 2. The predicted octanol–water partition coefficient (Wildman–Crippen LogP) is 6.77. The SMILES string of the molecule is Cc1ccc(Cl)cc1-n1c(C)cc(C=C(C#N)c2ccccc2Cl)c1C. The van der Waals surface area contributed by atoms with E-state index < -0.39 is 0 Å². The molecule has 0 saturated carbocycles. The Morgan fingerprint density at radius 1 is 1.04 bits per heavy atom. The van der Waals surface area contributed by atoms with Gasteiger partial charge in [0.1, 0.15) is 0 Å². The molecular formula is C22H18Cl2N2. The second kappa shape index (κ2) is 7.41. The average Bonchev–Trinajstić information content (AvgIpc) is 2.89. The maximum Gasteiger partial charge on any atom is 0.0998 e. The Morgan fingerprint density at radius 3 is 2.46 bits per heavy atom. The lowest BCUT2D eigenvalue weighted by atomic mass is 10.0. The first kappa shape index (κ1) is 18.3. The molecule has 3 rings (SSSR count). The minimum Gasteiger partial charge on any atom is -0.318 e. The molecule has 0 aliphatic heterocycles. The van der Waals surface area contributed by atoms with Gasteiger partial charge < -0.3 is 4.57 Å². The third kappa shape index (κ3) is 3.42. The number of aromatic nitrogens is 1. The van der Waals surface area contributed by atoms with E-state index in [2.05, 4.69) is 23.6 Å². The van der Waals surface area contributed by atoms with Gasteiger partial charge in [-0.25, -0.2) is 0 Å². The van der Waals surface area contributed by atoms with Gasteiger partial charge in [0.25, 0.3) is 0 Å². The zero-order chi connectivity index (χ0) is 18.8. The molecule has 0 aliphatic carbocycles. The molecule has 2 aromatic carbocycles. The van der Waals surface area contributed by atoms with Gasteiger partial charge in [-0.3, -0.25) is 0 Å². The van der Waals surface area contributed by atoms with Crippen molar-refractivity contribution in [3.8, 4) is 11.8 Å². The first-order valence-corrected chi connectivity index (χ1v) is 9.00. The van der Waals surface area contributed by atoms with Gasteiger partial charge in [0.2, 0.25) is 0 Å². The van der Waals surface area contributed by atoms with Crippen molar-refractivity contribution in [1.29, 1.82) is 5.26 Å². The standard InChI is InChI=1S/C22H18Cl2N2/c1-14-8-9-19(23)12-22(14)26-15(2)10-17(16(26)3)11-18(13-25)20-6-4-5-7-21(20)24/h4-12H,1-3H3. The molecule has 1 heterocycles. The Bertz CT molecular complexity index is 1050. The van der Waals surface area contributed by atoms with E-state index in [0.29, 0.717) is 15.6 Å². The average molecular weight is 381 g/mol. The summed E-state index contributed by atoms with van der Waals surface area (Å²) in [5.74, 6) is 0.